The first-order valence-corrected chi connectivity index (χ1v) is 8.38. The highest BCUT2D eigenvalue weighted by Crippen LogP contribution is 2.38. The second-order valence-corrected chi connectivity index (χ2v) is 8.04. The SMILES string of the molecule is CNC(=O)ON=[N+]1C(=NOC(=O)N(C)CC(C)=S)SC(C)(C)C1C. The van der Waals surface area contributed by atoms with E-state index in [4.69, 9.17) is 21.9 Å². The molecule has 0 aliphatic carbocycles. The monoisotopic (exact) mass is 376 g/mol. The van der Waals surface area contributed by atoms with Crippen LogP contribution < -0.4 is 5.32 Å². The van der Waals surface area contributed by atoms with Crippen molar-refractivity contribution in [1.82, 2.24) is 10.2 Å². The molecule has 0 saturated carbocycles. The average molecular weight is 376 g/mol. The third kappa shape index (κ3) is 5.41. The Morgan fingerprint density at radius 1 is 1.46 bits per heavy atom. The molecule has 1 atom stereocenters. The number of carbonyl (C=O) groups excluding carboxylic acids is 2. The van der Waals surface area contributed by atoms with Gasteiger partial charge in [0.05, 0.1) is 11.3 Å². The minimum absolute atomic E-state index is 0.134. The van der Waals surface area contributed by atoms with Gasteiger partial charge in [-0.1, -0.05) is 16.9 Å². The number of thiocarbonyl (C=S) groups is 1. The quantitative estimate of drug-likeness (QED) is 0.350. The van der Waals surface area contributed by atoms with Crippen LogP contribution in [0.15, 0.2) is 10.4 Å². The van der Waals surface area contributed by atoms with Gasteiger partial charge in [-0.15, -0.1) is 0 Å². The third-order valence-electron chi connectivity index (χ3n) is 3.31. The van der Waals surface area contributed by atoms with Gasteiger partial charge in [0.2, 0.25) is 0 Å². The lowest BCUT2D eigenvalue weighted by Crippen LogP contribution is -2.32. The van der Waals surface area contributed by atoms with Crippen molar-refractivity contribution in [3.63, 3.8) is 0 Å². The molecule has 2 amide bonds. The van der Waals surface area contributed by atoms with Gasteiger partial charge < -0.3 is 10.2 Å². The van der Waals surface area contributed by atoms with Crippen molar-refractivity contribution in [2.24, 2.45) is 10.4 Å². The Bertz CT molecular complexity index is 591. The summed E-state index contributed by atoms with van der Waals surface area (Å²) >= 11 is 6.31. The van der Waals surface area contributed by atoms with Crippen molar-refractivity contribution in [3.05, 3.63) is 0 Å². The highest BCUT2D eigenvalue weighted by Gasteiger charge is 2.49. The van der Waals surface area contributed by atoms with Crippen LogP contribution in [0.25, 0.3) is 0 Å². The molecule has 0 bridgehead atoms. The van der Waals surface area contributed by atoms with Crippen molar-refractivity contribution in [2.45, 2.75) is 38.5 Å². The number of nitrogens with zero attached hydrogens (tertiary/aromatic N) is 4. The van der Waals surface area contributed by atoms with Crippen molar-refractivity contribution in [3.8, 4) is 0 Å². The van der Waals surface area contributed by atoms with Gasteiger partial charge in [0, 0.05) is 19.0 Å². The molecule has 11 heteroatoms. The summed E-state index contributed by atoms with van der Waals surface area (Å²) in [6, 6.07) is -0.134. The summed E-state index contributed by atoms with van der Waals surface area (Å²) in [7, 11) is 2.98. The normalized spacial score (nSPS) is 22.3. The second kappa shape index (κ2) is 8.38. The molecule has 0 aromatic rings. The summed E-state index contributed by atoms with van der Waals surface area (Å²) in [5.74, 6) is 0. The van der Waals surface area contributed by atoms with Crippen LogP contribution in [0.4, 0.5) is 9.59 Å². The topological polar surface area (TPSA) is 95.6 Å². The van der Waals surface area contributed by atoms with Crippen molar-refractivity contribution in [2.75, 3.05) is 20.6 Å². The zero-order chi connectivity index (χ0) is 18.5. The van der Waals surface area contributed by atoms with Crippen LogP contribution in [0, 0.1) is 0 Å². The fourth-order valence-electron chi connectivity index (χ4n) is 1.67. The summed E-state index contributed by atoms with van der Waals surface area (Å²) in [4.78, 5) is 34.7. The first kappa shape index (κ1) is 20.3. The predicted molar refractivity (Wildman–Crippen MR) is 94.2 cm³/mol. The number of thioether (sulfide) groups is 1. The number of hydrogen-bond acceptors (Lipinski definition) is 8. The fraction of sp³-hybridized carbons (Fsp3) is 0.692. The van der Waals surface area contributed by atoms with Gasteiger partial charge in [0.1, 0.15) is 11.3 Å². The van der Waals surface area contributed by atoms with Gasteiger partial charge in [-0.25, -0.2) is 9.59 Å². The zero-order valence-electron chi connectivity index (χ0n) is 14.5. The molecule has 24 heavy (non-hydrogen) atoms. The minimum atomic E-state index is -0.704. The molecule has 1 heterocycles. The number of carbonyl (C=O) groups is 2. The van der Waals surface area contributed by atoms with Gasteiger partial charge in [-0.05, 0) is 39.5 Å². The highest BCUT2D eigenvalue weighted by molar-refractivity contribution is 8.14. The predicted octanol–water partition coefficient (Wildman–Crippen LogP) is 2.37. The van der Waals surface area contributed by atoms with Gasteiger partial charge in [-0.3, -0.25) is 4.84 Å². The smallest absolute Gasteiger partial charge is 0.323 e. The first-order chi connectivity index (χ1) is 11.1. The molecule has 1 aliphatic rings. The highest BCUT2D eigenvalue weighted by atomic mass is 32.2. The van der Waals surface area contributed by atoms with E-state index in [0.29, 0.717) is 16.6 Å². The van der Waals surface area contributed by atoms with E-state index in [-0.39, 0.29) is 10.8 Å². The van der Waals surface area contributed by atoms with E-state index in [9.17, 15) is 9.59 Å². The van der Waals surface area contributed by atoms with Crippen molar-refractivity contribution in [1.29, 1.82) is 0 Å². The number of oxime groups is 1. The van der Waals surface area contributed by atoms with Gasteiger partial charge in [0.25, 0.3) is 0 Å². The van der Waals surface area contributed by atoms with Gasteiger partial charge >= 0.3 is 17.4 Å². The van der Waals surface area contributed by atoms with E-state index in [2.05, 4.69) is 15.8 Å². The van der Waals surface area contributed by atoms with Crippen molar-refractivity contribution >= 4 is 46.2 Å². The maximum Gasteiger partial charge on any atom is 0.460 e. The Morgan fingerprint density at radius 3 is 2.62 bits per heavy atom. The van der Waals surface area contributed by atoms with Gasteiger partial charge in [-0.2, -0.15) is 4.84 Å². The van der Waals surface area contributed by atoms with Crippen LogP contribution >= 0.6 is 24.0 Å². The van der Waals surface area contributed by atoms with E-state index in [0.717, 1.165) is 0 Å². The standard InChI is InChI=1S/C13H21N5O4S2/c1-8(23)7-17(6)12(20)22-15-10-18(16-21-11(19)14-5)9(2)13(3,4)24-10/h9H,7H2,1-6H3/p+1. The maximum absolute atomic E-state index is 11.9. The summed E-state index contributed by atoms with van der Waals surface area (Å²) in [5, 5.41) is 10.2. The number of hydrogen-bond donors (Lipinski definition) is 1. The van der Waals surface area contributed by atoms with E-state index in [1.54, 1.807) is 14.0 Å². The molecule has 1 unspecified atom stereocenters. The molecule has 1 aliphatic heterocycles. The molecule has 0 aromatic carbocycles. The Balaban J connectivity index is 2.91. The lowest BCUT2D eigenvalue weighted by atomic mass is 10.1. The van der Waals surface area contributed by atoms with E-state index in [1.807, 2.05) is 20.8 Å². The van der Waals surface area contributed by atoms with Crippen LogP contribution in [-0.2, 0) is 9.68 Å². The van der Waals surface area contributed by atoms with Crippen LogP contribution in [0.2, 0.25) is 0 Å². The molecule has 0 radical (unpaired) electrons. The minimum Gasteiger partial charge on any atom is -0.323 e. The lowest BCUT2D eigenvalue weighted by molar-refractivity contribution is -0.539. The second-order valence-electron chi connectivity index (χ2n) is 5.73. The average Bonchev–Trinajstić information content (AvgIpc) is 2.71. The Hall–Kier alpha value is -1.75. The fourth-order valence-corrected chi connectivity index (χ4v) is 2.96. The summed E-state index contributed by atoms with van der Waals surface area (Å²) < 4.78 is 1.13. The maximum atomic E-state index is 11.9. The Kier molecular flexibility index (Phi) is 7.08. The number of nitrogens with one attached hydrogen (secondary N) is 1. The third-order valence-corrected chi connectivity index (χ3v) is 4.75. The Labute approximate surface area is 150 Å². The van der Waals surface area contributed by atoms with E-state index < -0.39 is 12.2 Å². The lowest BCUT2D eigenvalue weighted by Gasteiger charge is -2.15. The molecular formula is C13H22N5O4S2+. The molecular weight excluding hydrogens is 354 g/mol. The van der Waals surface area contributed by atoms with Gasteiger partial charge in [0.15, 0.2) is 5.16 Å². The Morgan fingerprint density at radius 2 is 2.08 bits per heavy atom. The summed E-state index contributed by atoms with van der Waals surface area (Å²) in [5.41, 5.74) is 0. The van der Waals surface area contributed by atoms with E-state index >= 15 is 0 Å². The van der Waals surface area contributed by atoms with Crippen LogP contribution in [0.3, 0.4) is 0 Å². The molecule has 0 aromatic heterocycles. The van der Waals surface area contributed by atoms with Crippen LogP contribution in [0.1, 0.15) is 27.7 Å². The van der Waals surface area contributed by atoms with E-state index in [1.165, 1.54) is 28.4 Å². The summed E-state index contributed by atoms with van der Waals surface area (Å²) in [6.07, 6.45) is -1.35. The van der Waals surface area contributed by atoms with Crippen LogP contribution in [0.5, 0.6) is 0 Å². The molecule has 1 N–H and O–H groups in total. The molecule has 1 fully saturated rings. The molecule has 1 saturated heterocycles. The molecule has 9 nitrogen and oxygen atoms in total. The zero-order valence-corrected chi connectivity index (χ0v) is 16.2. The molecule has 1 rings (SSSR count). The first-order valence-electron chi connectivity index (χ1n) is 7.16. The molecule has 0 spiro atoms. The largest absolute Gasteiger partial charge is 0.460 e. The number of amides is 2. The molecule has 134 valence electrons. The summed E-state index contributed by atoms with van der Waals surface area (Å²) in [6.45, 7) is 7.89. The number of amidine groups is 1. The van der Waals surface area contributed by atoms with Crippen molar-refractivity contribution < 1.29 is 24.0 Å². The number of rotatable bonds is 4. The van der Waals surface area contributed by atoms with Crippen LogP contribution in [-0.4, -0.2) is 63.2 Å².